The van der Waals surface area contributed by atoms with E-state index >= 15 is 0 Å². The molecule has 28 heavy (non-hydrogen) atoms. The van der Waals surface area contributed by atoms with Crippen LogP contribution < -0.4 is 10.3 Å². The van der Waals surface area contributed by atoms with Gasteiger partial charge in [0.25, 0.3) is 0 Å². The van der Waals surface area contributed by atoms with Crippen LogP contribution in [0.5, 0.6) is 0 Å². The SMILES string of the molecule is CCN=c1ccc2c(-c3ccccc3)c3ccc(N(CC)CC)cc3oc-2c1. The Balaban J connectivity index is 2.06. The van der Waals surface area contributed by atoms with Gasteiger partial charge in [0.2, 0.25) is 0 Å². The summed E-state index contributed by atoms with van der Waals surface area (Å²) in [5.41, 5.74) is 5.62. The van der Waals surface area contributed by atoms with Crippen LogP contribution in [0.3, 0.4) is 0 Å². The summed E-state index contributed by atoms with van der Waals surface area (Å²) in [5, 5.41) is 2.09. The molecule has 0 fully saturated rings. The second-order valence-corrected chi connectivity index (χ2v) is 6.85. The first-order valence-corrected chi connectivity index (χ1v) is 10.1. The van der Waals surface area contributed by atoms with Gasteiger partial charge in [-0.2, -0.15) is 0 Å². The fourth-order valence-corrected chi connectivity index (χ4v) is 3.85. The summed E-state index contributed by atoms with van der Waals surface area (Å²) in [5.74, 6) is 0.873. The van der Waals surface area contributed by atoms with Crippen LogP contribution in [0.1, 0.15) is 20.8 Å². The zero-order chi connectivity index (χ0) is 19.5. The van der Waals surface area contributed by atoms with E-state index in [0.717, 1.165) is 47.3 Å². The Morgan fingerprint density at radius 1 is 0.857 bits per heavy atom. The highest BCUT2D eigenvalue weighted by atomic mass is 16.3. The van der Waals surface area contributed by atoms with Gasteiger partial charge in [-0.1, -0.05) is 30.3 Å². The molecule has 2 aliphatic rings. The van der Waals surface area contributed by atoms with Crippen LogP contribution in [-0.4, -0.2) is 19.6 Å². The van der Waals surface area contributed by atoms with Crippen LogP contribution in [0.15, 0.2) is 76.1 Å². The molecule has 4 rings (SSSR count). The van der Waals surface area contributed by atoms with Crippen molar-refractivity contribution < 1.29 is 4.42 Å². The van der Waals surface area contributed by atoms with Crippen molar-refractivity contribution >= 4 is 16.7 Å². The maximum atomic E-state index is 6.39. The zero-order valence-electron chi connectivity index (χ0n) is 16.8. The highest BCUT2D eigenvalue weighted by molar-refractivity contribution is 6.02. The second-order valence-electron chi connectivity index (χ2n) is 6.85. The standard InChI is InChI=1S/C25H26N2O/c1-4-26-19-12-14-21-23(16-19)28-24-17-20(27(5-2)6-3)13-15-22(24)25(21)18-10-8-7-9-11-18/h7-17H,4-6H2,1-3H3. The number of hydrogen-bond donors (Lipinski definition) is 0. The second kappa shape index (κ2) is 7.89. The molecular weight excluding hydrogens is 344 g/mol. The van der Waals surface area contributed by atoms with Crippen LogP contribution in [0.2, 0.25) is 0 Å². The van der Waals surface area contributed by atoms with Crippen LogP contribution in [-0.2, 0) is 0 Å². The van der Waals surface area contributed by atoms with Crippen molar-refractivity contribution in [2.75, 3.05) is 24.5 Å². The molecule has 2 aromatic carbocycles. The number of fused-ring (bicyclic) bond motifs is 2. The van der Waals surface area contributed by atoms with Gasteiger partial charge in [-0.15, -0.1) is 0 Å². The summed E-state index contributed by atoms with van der Waals surface area (Å²) in [4.78, 5) is 6.88. The summed E-state index contributed by atoms with van der Waals surface area (Å²) < 4.78 is 6.39. The van der Waals surface area contributed by atoms with Crippen molar-refractivity contribution in [2.45, 2.75) is 20.8 Å². The van der Waals surface area contributed by atoms with E-state index in [9.17, 15) is 0 Å². The molecular formula is C25H26N2O. The fourth-order valence-electron chi connectivity index (χ4n) is 3.85. The molecule has 0 radical (unpaired) electrons. The van der Waals surface area contributed by atoms with E-state index in [1.807, 2.05) is 6.92 Å². The first-order chi connectivity index (χ1) is 13.7. The van der Waals surface area contributed by atoms with Gasteiger partial charge in [0.15, 0.2) is 0 Å². The Kier molecular flexibility index (Phi) is 5.16. The normalized spacial score (nSPS) is 12.0. The third-order valence-corrected chi connectivity index (χ3v) is 5.22. The highest BCUT2D eigenvalue weighted by Crippen LogP contribution is 2.40. The molecule has 1 aliphatic heterocycles. The monoisotopic (exact) mass is 370 g/mol. The van der Waals surface area contributed by atoms with Crippen LogP contribution in [0.4, 0.5) is 5.69 Å². The van der Waals surface area contributed by atoms with Gasteiger partial charge in [-0.25, -0.2) is 0 Å². The van der Waals surface area contributed by atoms with E-state index in [0.29, 0.717) is 0 Å². The molecule has 3 heteroatoms. The molecule has 0 aromatic heterocycles. The van der Waals surface area contributed by atoms with E-state index in [2.05, 4.69) is 90.5 Å². The number of anilines is 1. The Hall–Kier alpha value is -3.07. The molecule has 3 nitrogen and oxygen atoms in total. The largest absolute Gasteiger partial charge is 0.456 e. The lowest BCUT2D eigenvalue weighted by molar-refractivity contribution is 0.618. The molecule has 0 unspecified atom stereocenters. The maximum Gasteiger partial charge on any atom is 0.137 e. The van der Waals surface area contributed by atoms with Gasteiger partial charge in [0, 0.05) is 54.0 Å². The summed E-state index contributed by atoms with van der Waals surface area (Å²) in [6, 6.07) is 23.4. The summed E-state index contributed by atoms with van der Waals surface area (Å²) in [6.45, 7) is 9.11. The average molecular weight is 370 g/mol. The van der Waals surface area contributed by atoms with E-state index < -0.39 is 0 Å². The van der Waals surface area contributed by atoms with E-state index in [-0.39, 0.29) is 0 Å². The minimum atomic E-state index is 0.761. The van der Waals surface area contributed by atoms with Crippen molar-refractivity contribution in [1.29, 1.82) is 0 Å². The first kappa shape index (κ1) is 18.3. The smallest absolute Gasteiger partial charge is 0.137 e. The summed E-state index contributed by atoms with van der Waals surface area (Å²) in [7, 11) is 0. The number of rotatable bonds is 5. The molecule has 1 heterocycles. The topological polar surface area (TPSA) is 28.7 Å². The first-order valence-electron chi connectivity index (χ1n) is 10.1. The molecule has 0 N–H and O–H groups in total. The minimum Gasteiger partial charge on any atom is -0.456 e. The predicted molar refractivity (Wildman–Crippen MR) is 118 cm³/mol. The van der Waals surface area contributed by atoms with Gasteiger partial charge in [-0.3, -0.25) is 4.99 Å². The van der Waals surface area contributed by atoms with Crippen molar-refractivity contribution in [3.8, 4) is 22.5 Å². The van der Waals surface area contributed by atoms with Gasteiger partial charge in [-0.05, 0) is 50.6 Å². The zero-order valence-corrected chi connectivity index (χ0v) is 16.8. The average Bonchev–Trinajstić information content (AvgIpc) is 2.73. The Labute approximate surface area is 166 Å². The quantitative estimate of drug-likeness (QED) is 0.405. The lowest BCUT2D eigenvalue weighted by atomic mass is 9.93. The minimum absolute atomic E-state index is 0.761. The maximum absolute atomic E-state index is 6.39. The molecule has 0 amide bonds. The molecule has 142 valence electrons. The summed E-state index contributed by atoms with van der Waals surface area (Å²) in [6.07, 6.45) is 0. The van der Waals surface area contributed by atoms with Crippen molar-refractivity contribution in [3.63, 3.8) is 0 Å². The molecule has 2 aromatic rings. The highest BCUT2D eigenvalue weighted by Gasteiger charge is 2.17. The van der Waals surface area contributed by atoms with Crippen LogP contribution in [0, 0.1) is 0 Å². The lowest BCUT2D eigenvalue weighted by Crippen LogP contribution is -2.21. The summed E-state index contributed by atoms with van der Waals surface area (Å²) >= 11 is 0. The fraction of sp³-hybridized carbons (Fsp3) is 0.240. The Morgan fingerprint density at radius 3 is 2.36 bits per heavy atom. The van der Waals surface area contributed by atoms with Crippen molar-refractivity contribution in [2.24, 2.45) is 4.99 Å². The third-order valence-electron chi connectivity index (χ3n) is 5.22. The number of hydrogen-bond acceptors (Lipinski definition) is 3. The Morgan fingerprint density at radius 2 is 1.64 bits per heavy atom. The van der Waals surface area contributed by atoms with Crippen LogP contribution in [0.25, 0.3) is 33.4 Å². The van der Waals surface area contributed by atoms with Crippen LogP contribution >= 0.6 is 0 Å². The van der Waals surface area contributed by atoms with E-state index in [1.165, 1.54) is 16.8 Å². The number of nitrogens with zero attached hydrogens (tertiary/aromatic N) is 2. The predicted octanol–water partition coefficient (Wildman–Crippen LogP) is 5.97. The van der Waals surface area contributed by atoms with Crippen molar-refractivity contribution in [1.82, 2.24) is 0 Å². The molecule has 1 aliphatic carbocycles. The third kappa shape index (κ3) is 3.29. The van der Waals surface area contributed by atoms with Gasteiger partial charge < -0.3 is 9.32 Å². The lowest BCUT2D eigenvalue weighted by Gasteiger charge is -2.22. The van der Waals surface area contributed by atoms with Gasteiger partial charge in [0.1, 0.15) is 11.3 Å². The van der Waals surface area contributed by atoms with Crippen molar-refractivity contribution in [3.05, 3.63) is 72.1 Å². The van der Waals surface area contributed by atoms with E-state index in [4.69, 9.17) is 4.42 Å². The molecule has 0 spiro atoms. The molecule has 0 saturated heterocycles. The Bertz CT molecular complexity index is 1120. The van der Waals surface area contributed by atoms with E-state index in [1.54, 1.807) is 0 Å². The molecule has 0 atom stereocenters. The molecule has 0 saturated carbocycles. The molecule has 0 bridgehead atoms. The van der Waals surface area contributed by atoms with Gasteiger partial charge in [0.05, 0.1) is 5.36 Å². The van der Waals surface area contributed by atoms with Gasteiger partial charge >= 0.3 is 0 Å². The number of benzene rings is 3.